The lowest BCUT2D eigenvalue weighted by Crippen LogP contribution is -2.29. The third-order valence-corrected chi connectivity index (χ3v) is 3.31. The molecule has 0 radical (unpaired) electrons. The highest BCUT2D eigenvalue weighted by Crippen LogP contribution is 1.86. The molecular formula is C8H17NO4S. The van der Waals surface area contributed by atoms with Gasteiger partial charge in [-0.2, -0.15) is 0 Å². The Morgan fingerprint density at radius 2 is 2.00 bits per heavy atom. The lowest BCUT2D eigenvalue weighted by molar-refractivity contribution is -0.141. The molecule has 0 aliphatic carbocycles. The van der Waals surface area contributed by atoms with Crippen LogP contribution in [0, 0.1) is 0 Å². The van der Waals surface area contributed by atoms with Crippen molar-refractivity contribution < 1.29 is 17.9 Å². The zero-order chi connectivity index (χ0) is 11.0. The van der Waals surface area contributed by atoms with Crippen molar-refractivity contribution in [3.8, 4) is 0 Å². The van der Waals surface area contributed by atoms with Gasteiger partial charge < -0.3 is 10.1 Å². The smallest absolute Gasteiger partial charge is 0.319 e. The van der Waals surface area contributed by atoms with Crippen molar-refractivity contribution in [1.29, 1.82) is 0 Å². The van der Waals surface area contributed by atoms with Crippen molar-refractivity contribution in [3.05, 3.63) is 0 Å². The molecule has 5 nitrogen and oxygen atoms in total. The van der Waals surface area contributed by atoms with E-state index in [0.717, 1.165) is 0 Å². The van der Waals surface area contributed by atoms with E-state index in [4.69, 9.17) is 0 Å². The third-order valence-electron chi connectivity index (χ3n) is 1.60. The summed E-state index contributed by atoms with van der Waals surface area (Å²) in [6.07, 6.45) is 0. The number of sulfone groups is 1. The molecule has 0 aromatic carbocycles. The van der Waals surface area contributed by atoms with Gasteiger partial charge in [0, 0.05) is 12.3 Å². The average molecular weight is 223 g/mol. The Hall–Kier alpha value is -0.620. The van der Waals surface area contributed by atoms with Crippen molar-refractivity contribution >= 4 is 15.8 Å². The van der Waals surface area contributed by atoms with E-state index in [0.29, 0.717) is 6.61 Å². The van der Waals surface area contributed by atoms with Crippen molar-refractivity contribution in [1.82, 2.24) is 5.32 Å². The molecule has 0 heterocycles. The maximum atomic E-state index is 11.0. The van der Waals surface area contributed by atoms with Gasteiger partial charge >= 0.3 is 5.97 Å². The lowest BCUT2D eigenvalue weighted by Gasteiger charge is -2.04. The summed E-state index contributed by atoms with van der Waals surface area (Å²) >= 11 is 0. The SMILES string of the molecule is CCOC(=O)CNCCS(=O)(=O)CC. The Kier molecular flexibility index (Phi) is 6.48. The maximum Gasteiger partial charge on any atom is 0.319 e. The molecule has 0 aromatic rings. The van der Waals surface area contributed by atoms with Crippen molar-refractivity contribution in [2.45, 2.75) is 13.8 Å². The zero-order valence-corrected chi connectivity index (χ0v) is 9.39. The minimum absolute atomic E-state index is 0.0584. The molecule has 0 aromatic heterocycles. The van der Waals surface area contributed by atoms with Crippen LogP contribution in [0.15, 0.2) is 0 Å². The molecule has 0 spiro atoms. The van der Waals surface area contributed by atoms with Crippen molar-refractivity contribution in [3.63, 3.8) is 0 Å². The molecule has 0 saturated heterocycles. The average Bonchev–Trinajstić information content (AvgIpc) is 2.13. The molecule has 0 bridgehead atoms. The van der Waals surface area contributed by atoms with Crippen LogP contribution in [0.5, 0.6) is 0 Å². The van der Waals surface area contributed by atoms with Crippen LogP contribution < -0.4 is 5.32 Å². The summed E-state index contributed by atoms with van der Waals surface area (Å²) in [5.74, 6) is -0.168. The summed E-state index contributed by atoms with van der Waals surface area (Å²) in [4.78, 5) is 10.8. The van der Waals surface area contributed by atoms with Gasteiger partial charge in [-0.15, -0.1) is 0 Å². The Morgan fingerprint density at radius 3 is 2.50 bits per heavy atom. The monoisotopic (exact) mass is 223 g/mol. The summed E-state index contributed by atoms with van der Waals surface area (Å²) in [5.41, 5.74) is 0. The third kappa shape index (κ3) is 6.85. The number of esters is 1. The van der Waals surface area contributed by atoms with E-state index in [9.17, 15) is 13.2 Å². The quantitative estimate of drug-likeness (QED) is 0.468. The normalized spacial score (nSPS) is 11.3. The Bertz CT molecular complexity index is 261. The fourth-order valence-electron chi connectivity index (χ4n) is 0.774. The molecular weight excluding hydrogens is 206 g/mol. The van der Waals surface area contributed by atoms with Crippen LogP contribution in [0.3, 0.4) is 0 Å². The highest BCUT2D eigenvalue weighted by Gasteiger charge is 2.07. The largest absolute Gasteiger partial charge is 0.465 e. The van der Waals surface area contributed by atoms with E-state index < -0.39 is 9.84 Å². The number of hydrogen-bond acceptors (Lipinski definition) is 5. The first-order valence-electron chi connectivity index (χ1n) is 4.58. The second kappa shape index (κ2) is 6.78. The predicted molar refractivity (Wildman–Crippen MR) is 53.8 cm³/mol. The van der Waals surface area contributed by atoms with Crippen LogP contribution in [0.2, 0.25) is 0 Å². The van der Waals surface area contributed by atoms with Gasteiger partial charge in [0.05, 0.1) is 18.9 Å². The number of ether oxygens (including phenoxy) is 1. The first-order chi connectivity index (χ1) is 6.52. The van der Waals surface area contributed by atoms with Gasteiger partial charge in [-0.25, -0.2) is 8.42 Å². The van der Waals surface area contributed by atoms with E-state index in [2.05, 4.69) is 10.1 Å². The second-order valence-corrected chi connectivity index (χ2v) is 5.19. The Balaban J connectivity index is 3.52. The van der Waals surface area contributed by atoms with E-state index in [1.165, 1.54) is 0 Å². The Morgan fingerprint density at radius 1 is 1.36 bits per heavy atom. The van der Waals surface area contributed by atoms with E-state index >= 15 is 0 Å². The highest BCUT2D eigenvalue weighted by molar-refractivity contribution is 7.91. The minimum Gasteiger partial charge on any atom is -0.465 e. The van der Waals surface area contributed by atoms with Crippen LogP contribution in [0.4, 0.5) is 0 Å². The summed E-state index contributed by atoms with van der Waals surface area (Å²) in [6.45, 7) is 4.01. The van der Waals surface area contributed by atoms with Crippen LogP contribution >= 0.6 is 0 Å². The predicted octanol–water partition coefficient (Wildman–Crippen LogP) is -0.426. The molecule has 0 atom stereocenters. The van der Waals surface area contributed by atoms with E-state index in [1.54, 1.807) is 13.8 Å². The van der Waals surface area contributed by atoms with Crippen LogP contribution in [-0.2, 0) is 19.4 Å². The van der Waals surface area contributed by atoms with Crippen LogP contribution in [0.1, 0.15) is 13.8 Å². The van der Waals surface area contributed by atoms with Gasteiger partial charge in [-0.1, -0.05) is 6.92 Å². The fraction of sp³-hybridized carbons (Fsp3) is 0.875. The number of nitrogens with one attached hydrogen (secondary N) is 1. The molecule has 0 fully saturated rings. The first kappa shape index (κ1) is 13.4. The number of carbonyl (C=O) groups is 1. The molecule has 0 aliphatic rings. The molecule has 0 unspecified atom stereocenters. The molecule has 6 heteroatoms. The number of rotatable bonds is 7. The number of hydrogen-bond donors (Lipinski definition) is 1. The van der Waals surface area contributed by atoms with Gasteiger partial charge in [0.1, 0.15) is 0 Å². The lowest BCUT2D eigenvalue weighted by atomic mass is 10.6. The van der Waals surface area contributed by atoms with E-state index in [-0.39, 0.29) is 30.6 Å². The van der Waals surface area contributed by atoms with Gasteiger partial charge in [0.25, 0.3) is 0 Å². The van der Waals surface area contributed by atoms with Crippen molar-refractivity contribution in [2.24, 2.45) is 0 Å². The molecule has 0 amide bonds. The summed E-state index contributed by atoms with van der Waals surface area (Å²) in [7, 11) is -2.94. The van der Waals surface area contributed by atoms with Crippen LogP contribution in [0.25, 0.3) is 0 Å². The zero-order valence-electron chi connectivity index (χ0n) is 8.58. The Labute approximate surface area is 84.7 Å². The molecule has 14 heavy (non-hydrogen) atoms. The van der Waals surface area contributed by atoms with Crippen LogP contribution in [-0.4, -0.2) is 45.6 Å². The molecule has 1 N–H and O–H groups in total. The van der Waals surface area contributed by atoms with E-state index in [1.807, 2.05) is 0 Å². The van der Waals surface area contributed by atoms with Gasteiger partial charge in [-0.05, 0) is 6.92 Å². The maximum absolute atomic E-state index is 11.0. The summed E-state index contributed by atoms with van der Waals surface area (Å²) in [6, 6.07) is 0. The molecule has 0 aliphatic heterocycles. The van der Waals surface area contributed by atoms with Gasteiger partial charge in [-0.3, -0.25) is 4.79 Å². The van der Waals surface area contributed by atoms with Gasteiger partial charge in [0.15, 0.2) is 9.84 Å². The minimum atomic E-state index is -2.94. The number of carbonyl (C=O) groups excluding carboxylic acids is 1. The summed E-state index contributed by atoms with van der Waals surface area (Å²) < 4.78 is 26.7. The van der Waals surface area contributed by atoms with Gasteiger partial charge in [0.2, 0.25) is 0 Å². The molecule has 0 saturated carbocycles. The fourth-order valence-corrected chi connectivity index (χ4v) is 1.52. The summed E-state index contributed by atoms with van der Waals surface area (Å²) in [5, 5.41) is 2.71. The molecule has 84 valence electrons. The van der Waals surface area contributed by atoms with Crippen molar-refractivity contribution in [2.75, 3.05) is 31.2 Å². The molecule has 0 rings (SSSR count). The first-order valence-corrected chi connectivity index (χ1v) is 6.40. The topological polar surface area (TPSA) is 72.5 Å². The highest BCUT2D eigenvalue weighted by atomic mass is 32.2. The standard InChI is InChI=1S/C8H17NO4S/c1-3-13-8(10)7-9-5-6-14(11,12)4-2/h9H,3-7H2,1-2H3. The second-order valence-electron chi connectivity index (χ2n) is 2.72.